The Hall–Kier alpha value is -2.43. The van der Waals surface area contributed by atoms with Crippen LogP contribution >= 0.6 is 0 Å². The fourth-order valence-electron chi connectivity index (χ4n) is 4.57. The molecule has 2 aliphatic rings. The van der Waals surface area contributed by atoms with E-state index in [9.17, 15) is 14.4 Å². The summed E-state index contributed by atoms with van der Waals surface area (Å²) in [6.07, 6.45) is 11.1. The van der Waals surface area contributed by atoms with Gasteiger partial charge >= 0.3 is 5.97 Å². The third kappa shape index (κ3) is 5.87. The minimum atomic E-state index is -0.725. The number of Topliss-reactive ketones (excluding diaryl/α,β-unsaturated/α-hetero) is 1. The first-order valence-electron chi connectivity index (χ1n) is 12.1. The van der Waals surface area contributed by atoms with Crippen LogP contribution in [0.5, 0.6) is 0 Å². The van der Waals surface area contributed by atoms with Crippen LogP contribution < -0.4 is 0 Å². The fourth-order valence-corrected chi connectivity index (χ4v) is 4.57. The molecule has 0 unspecified atom stereocenters. The maximum absolute atomic E-state index is 13.2. The number of esters is 1. The maximum Gasteiger partial charge on any atom is 0.329 e. The molecule has 0 spiro atoms. The molecule has 32 heavy (non-hydrogen) atoms. The molecule has 1 aliphatic heterocycles. The second-order valence-electron chi connectivity index (χ2n) is 9.79. The van der Waals surface area contributed by atoms with Crippen molar-refractivity contribution in [2.75, 3.05) is 6.54 Å². The Balaban J connectivity index is 1.73. The van der Waals surface area contributed by atoms with Crippen molar-refractivity contribution < 1.29 is 19.1 Å². The van der Waals surface area contributed by atoms with Gasteiger partial charge in [0.25, 0.3) is 5.91 Å². The van der Waals surface area contributed by atoms with Gasteiger partial charge in [0.2, 0.25) is 5.78 Å². The first-order valence-corrected chi connectivity index (χ1v) is 12.1. The van der Waals surface area contributed by atoms with Crippen LogP contribution in [0.1, 0.15) is 77.7 Å². The van der Waals surface area contributed by atoms with E-state index in [1.54, 1.807) is 13.8 Å². The highest BCUT2D eigenvalue weighted by Crippen LogP contribution is 2.31. The Kier molecular flexibility index (Phi) is 8.27. The average Bonchev–Trinajstić information content (AvgIpc) is 3.32. The predicted octanol–water partition coefficient (Wildman–Crippen LogP) is 5.19. The number of carbonyl (C=O) groups excluding carboxylic acids is 3. The highest BCUT2D eigenvalue weighted by molar-refractivity contribution is 6.38. The number of carbonyl (C=O) groups is 3. The third-order valence-corrected chi connectivity index (χ3v) is 7.12. The number of likely N-dealkylation sites (tertiary alicyclic amines) is 1. The molecule has 0 bridgehead atoms. The van der Waals surface area contributed by atoms with E-state index in [4.69, 9.17) is 4.74 Å². The van der Waals surface area contributed by atoms with Crippen molar-refractivity contribution in [2.45, 2.75) is 84.3 Å². The van der Waals surface area contributed by atoms with Crippen molar-refractivity contribution in [3.8, 4) is 0 Å². The Morgan fingerprint density at radius 3 is 2.41 bits per heavy atom. The molecule has 0 N–H and O–H groups in total. The van der Waals surface area contributed by atoms with Crippen molar-refractivity contribution in [2.24, 2.45) is 11.3 Å². The first-order chi connectivity index (χ1) is 15.3. The number of hydrogen-bond acceptors (Lipinski definition) is 4. The van der Waals surface area contributed by atoms with Crippen molar-refractivity contribution in [1.29, 1.82) is 0 Å². The third-order valence-electron chi connectivity index (χ3n) is 7.12. The summed E-state index contributed by atoms with van der Waals surface area (Å²) in [5.74, 6) is -1.07. The minimum absolute atomic E-state index is 0.291. The number of ketones is 1. The monoisotopic (exact) mass is 439 g/mol. The molecular weight excluding hydrogens is 402 g/mol. The molecular formula is C27H37NO4. The fraction of sp³-hybridized carbons (Fsp3) is 0.593. The highest BCUT2D eigenvalue weighted by atomic mass is 16.5. The van der Waals surface area contributed by atoms with Crippen LogP contribution in [0.25, 0.3) is 6.08 Å². The zero-order valence-corrected chi connectivity index (χ0v) is 19.7. The number of rotatable bonds is 8. The summed E-state index contributed by atoms with van der Waals surface area (Å²) in [4.78, 5) is 40.3. The SMILES string of the molecule is CCC(C)(C)C(=O)C(=O)N1CCC[C@H]1C(=O)O[C@H](/C=C/c1ccccc1)C1CCCCC1. The van der Waals surface area contributed by atoms with E-state index in [2.05, 4.69) is 0 Å². The zero-order chi connectivity index (χ0) is 23.1. The number of hydrogen-bond donors (Lipinski definition) is 0. The standard InChI is InChI=1S/C27H37NO4/c1-4-27(2,3)24(29)25(30)28-19-11-16-22(28)26(31)32-23(21-14-9-6-10-15-21)18-17-20-12-7-5-8-13-20/h5,7-8,12-13,17-18,21-23H,4,6,9-11,14-16,19H2,1-3H3/b18-17+/t22-,23+/m0/s1. The van der Waals surface area contributed by atoms with Crippen LogP contribution in [0, 0.1) is 11.3 Å². The largest absolute Gasteiger partial charge is 0.456 e. The Morgan fingerprint density at radius 1 is 1.06 bits per heavy atom. The lowest BCUT2D eigenvalue weighted by Crippen LogP contribution is -2.48. The van der Waals surface area contributed by atoms with Gasteiger partial charge in [-0.3, -0.25) is 9.59 Å². The van der Waals surface area contributed by atoms with Gasteiger partial charge in [-0.15, -0.1) is 0 Å². The van der Waals surface area contributed by atoms with Crippen LogP contribution in [0.15, 0.2) is 36.4 Å². The number of ether oxygens (including phenoxy) is 1. The summed E-state index contributed by atoms with van der Waals surface area (Å²) in [5.41, 5.74) is 0.339. The van der Waals surface area contributed by atoms with Crippen LogP contribution in [-0.2, 0) is 19.1 Å². The van der Waals surface area contributed by atoms with E-state index in [0.717, 1.165) is 31.2 Å². The van der Waals surface area contributed by atoms with Crippen molar-refractivity contribution in [1.82, 2.24) is 4.90 Å². The van der Waals surface area contributed by atoms with E-state index in [-0.39, 0.29) is 12.1 Å². The van der Waals surface area contributed by atoms with Crippen molar-refractivity contribution in [3.63, 3.8) is 0 Å². The van der Waals surface area contributed by atoms with Gasteiger partial charge in [-0.1, -0.05) is 76.4 Å². The van der Waals surface area contributed by atoms with Crippen molar-refractivity contribution >= 4 is 23.7 Å². The van der Waals surface area contributed by atoms with Gasteiger partial charge in [0.05, 0.1) is 0 Å². The molecule has 1 saturated carbocycles. The van der Waals surface area contributed by atoms with Crippen LogP contribution in [-0.4, -0.2) is 41.3 Å². The van der Waals surface area contributed by atoms with Crippen LogP contribution in [0.3, 0.4) is 0 Å². The summed E-state index contributed by atoms with van der Waals surface area (Å²) in [5, 5.41) is 0. The molecule has 1 heterocycles. The lowest BCUT2D eigenvalue weighted by Gasteiger charge is -2.31. The van der Waals surface area contributed by atoms with Crippen LogP contribution in [0.2, 0.25) is 0 Å². The van der Waals surface area contributed by atoms with Gasteiger partial charge in [-0.25, -0.2) is 4.79 Å². The van der Waals surface area contributed by atoms with Gasteiger partial charge in [-0.05, 0) is 49.7 Å². The average molecular weight is 440 g/mol. The summed E-state index contributed by atoms with van der Waals surface area (Å²) in [7, 11) is 0. The molecule has 5 heteroatoms. The molecule has 0 radical (unpaired) electrons. The minimum Gasteiger partial charge on any atom is -0.456 e. The summed E-state index contributed by atoms with van der Waals surface area (Å²) in [6, 6.07) is 9.32. The topological polar surface area (TPSA) is 63.7 Å². The molecule has 2 atom stereocenters. The van der Waals surface area contributed by atoms with E-state index in [1.165, 1.54) is 11.3 Å². The Morgan fingerprint density at radius 2 is 1.75 bits per heavy atom. The second-order valence-corrected chi connectivity index (χ2v) is 9.79. The predicted molar refractivity (Wildman–Crippen MR) is 126 cm³/mol. The van der Waals surface area contributed by atoms with Gasteiger partial charge < -0.3 is 9.64 Å². The smallest absolute Gasteiger partial charge is 0.329 e. The highest BCUT2D eigenvalue weighted by Gasteiger charge is 2.42. The van der Waals surface area contributed by atoms with Crippen LogP contribution in [0.4, 0.5) is 0 Å². The summed E-state index contributed by atoms with van der Waals surface area (Å²) < 4.78 is 6.04. The van der Waals surface area contributed by atoms with E-state index >= 15 is 0 Å². The first kappa shape index (κ1) is 24.2. The molecule has 1 aromatic carbocycles. The zero-order valence-electron chi connectivity index (χ0n) is 19.7. The maximum atomic E-state index is 13.2. The molecule has 1 saturated heterocycles. The normalized spacial score (nSPS) is 21.0. The Bertz CT molecular complexity index is 823. The molecule has 0 aromatic heterocycles. The van der Waals surface area contributed by atoms with Gasteiger partial charge in [0, 0.05) is 12.0 Å². The molecule has 3 rings (SSSR count). The number of benzene rings is 1. The molecule has 1 aromatic rings. The van der Waals surface area contributed by atoms with Gasteiger partial charge in [0.1, 0.15) is 12.1 Å². The van der Waals surface area contributed by atoms with Gasteiger partial charge in [0.15, 0.2) is 0 Å². The quantitative estimate of drug-likeness (QED) is 0.413. The lowest BCUT2D eigenvalue weighted by molar-refractivity contribution is -0.161. The molecule has 2 fully saturated rings. The number of nitrogens with zero attached hydrogens (tertiary/aromatic N) is 1. The second kappa shape index (κ2) is 10.9. The molecule has 5 nitrogen and oxygen atoms in total. The molecule has 1 amide bonds. The Labute approximate surface area is 192 Å². The summed E-state index contributed by atoms with van der Waals surface area (Å²) in [6.45, 7) is 5.89. The number of amides is 1. The summed E-state index contributed by atoms with van der Waals surface area (Å²) >= 11 is 0. The van der Waals surface area contributed by atoms with E-state index in [1.807, 2.05) is 49.4 Å². The van der Waals surface area contributed by atoms with E-state index in [0.29, 0.717) is 31.7 Å². The molecule has 174 valence electrons. The lowest BCUT2D eigenvalue weighted by atomic mass is 9.84. The van der Waals surface area contributed by atoms with E-state index < -0.39 is 23.1 Å². The van der Waals surface area contributed by atoms with Crippen molar-refractivity contribution in [3.05, 3.63) is 42.0 Å². The van der Waals surface area contributed by atoms with Gasteiger partial charge in [-0.2, -0.15) is 0 Å². The molecule has 1 aliphatic carbocycles.